The number of aromatic nitrogens is 3. The van der Waals surface area contributed by atoms with Gasteiger partial charge in [0.1, 0.15) is 12.7 Å². The lowest BCUT2D eigenvalue weighted by Gasteiger charge is -2.19. The molecular formula is C16H33N3O4S. The minimum Gasteiger partial charge on any atom is -0.375 e. The molecule has 0 aliphatic rings. The first-order valence-corrected chi connectivity index (χ1v) is 9.97. The summed E-state index contributed by atoms with van der Waals surface area (Å²) in [5, 5.41) is 3.96. The highest BCUT2D eigenvalue weighted by Crippen LogP contribution is 2.06. The fourth-order valence-electron chi connectivity index (χ4n) is 1.41. The van der Waals surface area contributed by atoms with Crippen molar-refractivity contribution in [2.75, 3.05) is 24.7 Å². The molecule has 1 aromatic heterocycles. The van der Waals surface area contributed by atoms with E-state index in [2.05, 4.69) is 10.1 Å². The van der Waals surface area contributed by atoms with Crippen LogP contribution in [0.4, 0.5) is 0 Å². The number of nitrogens with zero attached hydrogens (tertiary/aromatic N) is 3. The Hall–Kier alpha value is -0.990. The Bertz CT molecular complexity index is 529. The third kappa shape index (κ3) is 14.6. The molecule has 0 atom stereocenters. The Morgan fingerprint density at radius 2 is 1.54 bits per heavy atom. The number of hydrogen-bond acceptors (Lipinski definition) is 6. The van der Waals surface area contributed by atoms with Gasteiger partial charge in [-0.1, -0.05) is 6.92 Å². The number of hydrogen-bond donors (Lipinski definition) is 0. The van der Waals surface area contributed by atoms with Crippen molar-refractivity contribution in [1.82, 2.24) is 14.8 Å². The van der Waals surface area contributed by atoms with Crippen LogP contribution in [0.5, 0.6) is 0 Å². The van der Waals surface area contributed by atoms with Crippen molar-refractivity contribution in [1.29, 1.82) is 0 Å². The van der Waals surface area contributed by atoms with Crippen LogP contribution in [0.1, 0.15) is 48.5 Å². The van der Waals surface area contributed by atoms with Crippen LogP contribution in [0.15, 0.2) is 12.7 Å². The zero-order valence-electron chi connectivity index (χ0n) is 16.1. The van der Waals surface area contributed by atoms with Gasteiger partial charge in [-0.25, -0.2) is 13.4 Å². The number of sulfone groups is 1. The molecule has 24 heavy (non-hydrogen) atoms. The number of rotatable bonds is 7. The summed E-state index contributed by atoms with van der Waals surface area (Å²) < 4.78 is 34.6. The van der Waals surface area contributed by atoms with Gasteiger partial charge in [0.25, 0.3) is 0 Å². The maximum Gasteiger partial charge on any atom is 0.152 e. The molecule has 1 aromatic rings. The molecule has 0 radical (unpaired) electrons. The highest BCUT2D eigenvalue weighted by atomic mass is 32.2. The van der Waals surface area contributed by atoms with Crippen molar-refractivity contribution in [3.05, 3.63) is 12.7 Å². The van der Waals surface area contributed by atoms with Gasteiger partial charge in [0.05, 0.1) is 36.7 Å². The van der Waals surface area contributed by atoms with E-state index in [1.807, 2.05) is 41.5 Å². The maximum atomic E-state index is 11.0. The smallest absolute Gasteiger partial charge is 0.152 e. The summed E-state index contributed by atoms with van der Waals surface area (Å²) in [6.45, 7) is 15.2. The largest absolute Gasteiger partial charge is 0.375 e. The fourth-order valence-corrected chi connectivity index (χ4v) is 2.04. The van der Waals surface area contributed by atoms with E-state index in [0.29, 0.717) is 13.2 Å². The molecule has 0 bridgehead atoms. The molecule has 0 N–H and O–H groups in total. The molecule has 1 heterocycles. The average molecular weight is 364 g/mol. The molecular weight excluding hydrogens is 330 g/mol. The third-order valence-electron chi connectivity index (χ3n) is 2.69. The van der Waals surface area contributed by atoms with Crippen LogP contribution < -0.4 is 0 Å². The first-order valence-electron chi connectivity index (χ1n) is 8.15. The quantitative estimate of drug-likeness (QED) is 0.739. The van der Waals surface area contributed by atoms with Crippen molar-refractivity contribution >= 4 is 9.84 Å². The molecule has 0 fully saturated rings. The molecule has 0 amide bonds. The van der Waals surface area contributed by atoms with Crippen molar-refractivity contribution in [3.8, 4) is 0 Å². The maximum absolute atomic E-state index is 11.0. The molecule has 0 spiro atoms. The number of ether oxygens (including phenoxy) is 2. The minimum absolute atomic E-state index is 0.0689. The second-order valence-electron chi connectivity index (χ2n) is 7.32. The summed E-state index contributed by atoms with van der Waals surface area (Å²) >= 11 is 0. The second kappa shape index (κ2) is 10.1. The summed E-state index contributed by atoms with van der Waals surface area (Å²) in [5.41, 5.74) is -0.316. The van der Waals surface area contributed by atoms with Crippen LogP contribution >= 0.6 is 0 Å². The second-order valence-corrected chi connectivity index (χ2v) is 9.79. The zero-order chi connectivity index (χ0) is 18.9. The molecule has 1 rings (SSSR count). The molecule has 8 heteroatoms. The summed E-state index contributed by atoms with van der Waals surface area (Å²) in [6.07, 6.45) is 3.21. The normalized spacial score (nSPS) is 12.6. The van der Waals surface area contributed by atoms with E-state index in [-0.39, 0.29) is 22.7 Å². The van der Waals surface area contributed by atoms with Crippen LogP contribution in [-0.4, -0.2) is 59.1 Å². The monoisotopic (exact) mass is 363 g/mol. The van der Waals surface area contributed by atoms with Gasteiger partial charge in [0, 0.05) is 5.75 Å². The molecule has 0 saturated carbocycles. The Labute approximate surface area is 146 Å². The highest BCUT2D eigenvalue weighted by Gasteiger charge is 2.13. The van der Waals surface area contributed by atoms with E-state index in [1.54, 1.807) is 17.9 Å². The lowest BCUT2D eigenvalue weighted by molar-refractivity contribution is -0.00794. The SMILES string of the molecule is CC(C)(C)OCCn1cncn1.CCS(=O)(=O)CCOC(C)(C)C. The molecule has 142 valence electrons. The Balaban J connectivity index is 0.000000441. The Kier molecular flexibility index (Phi) is 9.69. The van der Waals surface area contributed by atoms with Crippen molar-refractivity contribution in [3.63, 3.8) is 0 Å². The van der Waals surface area contributed by atoms with E-state index in [0.717, 1.165) is 6.54 Å². The van der Waals surface area contributed by atoms with Gasteiger partial charge in [-0.2, -0.15) is 5.10 Å². The van der Waals surface area contributed by atoms with Gasteiger partial charge in [0.15, 0.2) is 9.84 Å². The summed E-state index contributed by atoms with van der Waals surface area (Å²) in [7, 11) is -2.87. The highest BCUT2D eigenvalue weighted by molar-refractivity contribution is 7.91. The summed E-state index contributed by atoms with van der Waals surface area (Å²) in [5.74, 6) is 0.321. The Morgan fingerprint density at radius 3 is 1.96 bits per heavy atom. The van der Waals surface area contributed by atoms with E-state index < -0.39 is 9.84 Å². The van der Waals surface area contributed by atoms with Crippen LogP contribution in [0.3, 0.4) is 0 Å². The van der Waals surface area contributed by atoms with E-state index in [4.69, 9.17) is 9.47 Å². The topological polar surface area (TPSA) is 83.3 Å². The van der Waals surface area contributed by atoms with Crippen LogP contribution in [-0.2, 0) is 25.9 Å². The zero-order valence-corrected chi connectivity index (χ0v) is 16.9. The first-order chi connectivity index (χ1) is 10.8. The molecule has 0 aliphatic heterocycles. The molecule has 0 saturated heterocycles. The van der Waals surface area contributed by atoms with E-state index >= 15 is 0 Å². The fraction of sp³-hybridized carbons (Fsp3) is 0.875. The van der Waals surface area contributed by atoms with Gasteiger partial charge in [-0.15, -0.1) is 0 Å². The lowest BCUT2D eigenvalue weighted by atomic mass is 10.2. The Morgan fingerprint density at radius 1 is 1.00 bits per heavy atom. The third-order valence-corrected chi connectivity index (χ3v) is 4.36. The lowest BCUT2D eigenvalue weighted by Crippen LogP contribution is -2.24. The van der Waals surface area contributed by atoms with Crippen molar-refractivity contribution in [2.45, 2.75) is 66.2 Å². The first kappa shape index (κ1) is 23.0. The molecule has 0 aliphatic carbocycles. The van der Waals surface area contributed by atoms with E-state index in [9.17, 15) is 8.42 Å². The average Bonchev–Trinajstić information content (AvgIpc) is 2.89. The van der Waals surface area contributed by atoms with Gasteiger partial charge in [-0.05, 0) is 41.5 Å². The van der Waals surface area contributed by atoms with Gasteiger partial charge in [-0.3, -0.25) is 4.68 Å². The molecule has 0 unspecified atom stereocenters. The summed E-state index contributed by atoms with van der Waals surface area (Å²) in [4.78, 5) is 3.83. The minimum atomic E-state index is -2.87. The predicted molar refractivity (Wildman–Crippen MR) is 95.8 cm³/mol. The standard InChI is InChI=1S/C8H15N3O.C8H18O3S/c1-8(2,3)12-5-4-11-7-9-6-10-11;1-5-12(9,10)7-6-11-8(2,3)4/h6-7H,4-5H2,1-3H3;5-7H2,1-4H3. The van der Waals surface area contributed by atoms with E-state index in [1.165, 1.54) is 6.33 Å². The molecule has 0 aromatic carbocycles. The van der Waals surface area contributed by atoms with Crippen molar-refractivity contribution < 1.29 is 17.9 Å². The van der Waals surface area contributed by atoms with Gasteiger partial charge in [0.2, 0.25) is 0 Å². The van der Waals surface area contributed by atoms with Crippen LogP contribution in [0, 0.1) is 0 Å². The van der Waals surface area contributed by atoms with Gasteiger partial charge >= 0.3 is 0 Å². The van der Waals surface area contributed by atoms with Gasteiger partial charge < -0.3 is 9.47 Å². The predicted octanol–water partition coefficient (Wildman–Crippen LogP) is 2.33. The molecule has 7 nitrogen and oxygen atoms in total. The van der Waals surface area contributed by atoms with Crippen LogP contribution in [0.25, 0.3) is 0 Å². The van der Waals surface area contributed by atoms with Crippen LogP contribution in [0.2, 0.25) is 0 Å². The van der Waals surface area contributed by atoms with Crippen molar-refractivity contribution in [2.24, 2.45) is 0 Å². The summed E-state index contributed by atoms with van der Waals surface area (Å²) in [6, 6.07) is 0.